The molecule has 0 unspecified atom stereocenters. The Kier molecular flexibility index (Phi) is 8.06. The molecule has 0 bridgehead atoms. The van der Waals surface area contributed by atoms with Crippen molar-refractivity contribution < 1.29 is 18.9 Å². The molecule has 204 valence electrons. The van der Waals surface area contributed by atoms with Crippen molar-refractivity contribution in [3.05, 3.63) is 120 Å². The van der Waals surface area contributed by atoms with Gasteiger partial charge in [-0.15, -0.1) is 0 Å². The number of fused-ring (bicyclic) bond motifs is 1. The summed E-state index contributed by atoms with van der Waals surface area (Å²) in [6.07, 6.45) is 1.17. The summed E-state index contributed by atoms with van der Waals surface area (Å²) in [7, 11) is 0. The van der Waals surface area contributed by atoms with Crippen LogP contribution in [0.5, 0.6) is 0 Å². The highest BCUT2D eigenvalue weighted by molar-refractivity contribution is 5.81. The maximum atomic E-state index is 6.55. The van der Waals surface area contributed by atoms with E-state index in [1.54, 1.807) is 6.33 Å². The van der Waals surface area contributed by atoms with E-state index < -0.39 is 24.6 Å². The molecule has 1 fully saturated rings. The summed E-state index contributed by atoms with van der Waals surface area (Å²) in [5.74, 6) is 0.334. The molecule has 0 amide bonds. The van der Waals surface area contributed by atoms with Crippen LogP contribution in [0.15, 0.2) is 104 Å². The summed E-state index contributed by atoms with van der Waals surface area (Å²) in [5, 5.41) is 0. The Morgan fingerprint density at radius 1 is 0.675 bits per heavy atom. The Balaban J connectivity index is 1.28. The molecule has 4 atom stereocenters. The normalized spacial score (nSPS) is 20.7. The summed E-state index contributed by atoms with van der Waals surface area (Å²) < 4.78 is 27.8. The topological polar surface area (TPSA) is 107 Å². The Morgan fingerprint density at radius 2 is 1.23 bits per heavy atom. The molecule has 0 radical (unpaired) electrons. The van der Waals surface area contributed by atoms with Gasteiger partial charge in [0, 0.05) is 0 Å². The average molecular weight is 538 g/mol. The summed E-state index contributed by atoms with van der Waals surface area (Å²) >= 11 is 0. The minimum Gasteiger partial charge on any atom is -0.382 e. The lowest BCUT2D eigenvalue weighted by molar-refractivity contribution is -0.187. The summed E-state index contributed by atoms with van der Waals surface area (Å²) in [6, 6.07) is 30.1. The first-order chi connectivity index (χ1) is 19.7. The van der Waals surface area contributed by atoms with Gasteiger partial charge in [-0.1, -0.05) is 91.0 Å². The molecule has 1 aliphatic rings. The fraction of sp³-hybridized carbons (Fsp3) is 0.258. The third-order valence-corrected chi connectivity index (χ3v) is 6.90. The first-order valence-corrected chi connectivity index (χ1v) is 13.3. The van der Waals surface area contributed by atoms with Gasteiger partial charge < -0.3 is 29.2 Å². The SMILES string of the molecule is Nc1ncnc2c1ncn2C[C@H]1O[C@H](OCc2ccccc2)[C@H](OCc2ccccc2)[C@H]1OCc1ccccc1. The van der Waals surface area contributed by atoms with Gasteiger partial charge in [-0.25, -0.2) is 15.0 Å². The van der Waals surface area contributed by atoms with Crippen LogP contribution in [0.2, 0.25) is 0 Å². The third kappa shape index (κ3) is 6.03. The Labute approximate surface area is 232 Å². The molecule has 3 aromatic carbocycles. The maximum Gasteiger partial charge on any atom is 0.187 e. The molecule has 6 rings (SSSR count). The standard InChI is InChI=1S/C31H31N5O4/c32-29-26-30(34-20-33-29)36(21-35-26)16-25-27(37-17-22-10-4-1-5-11-22)28(38-18-23-12-6-2-7-13-23)31(40-25)39-19-24-14-8-3-9-15-24/h1-15,20-21,25,27-28,31H,16-19H2,(H2,32,33,34)/t25-,27+,28-,31+/m1/s1. The Morgan fingerprint density at radius 3 is 1.82 bits per heavy atom. The number of rotatable bonds is 11. The molecule has 0 spiro atoms. The predicted octanol–water partition coefficient (Wildman–Crippen LogP) is 4.52. The highest BCUT2D eigenvalue weighted by Gasteiger charge is 2.47. The zero-order chi connectivity index (χ0) is 27.1. The Hall–Kier alpha value is -4.15. The molecule has 2 aromatic heterocycles. The van der Waals surface area contributed by atoms with E-state index >= 15 is 0 Å². The van der Waals surface area contributed by atoms with E-state index in [0.29, 0.717) is 43.3 Å². The van der Waals surface area contributed by atoms with Gasteiger partial charge in [0.05, 0.1) is 32.7 Å². The monoisotopic (exact) mass is 537 g/mol. The highest BCUT2D eigenvalue weighted by Crippen LogP contribution is 2.31. The molecule has 40 heavy (non-hydrogen) atoms. The van der Waals surface area contributed by atoms with E-state index in [4.69, 9.17) is 24.7 Å². The number of hydrogen-bond acceptors (Lipinski definition) is 8. The Bertz CT molecular complexity index is 1500. The third-order valence-electron chi connectivity index (χ3n) is 6.90. The van der Waals surface area contributed by atoms with E-state index in [-0.39, 0.29) is 0 Å². The largest absolute Gasteiger partial charge is 0.382 e. The highest BCUT2D eigenvalue weighted by atomic mass is 16.7. The lowest BCUT2D eigenvalue weighted by Crippen LogP contribution is -2.39. The fourth-order valence-corrected chi connectivity index (χ4v) is 4.86. The first kappa shape index (κ1) is 26.1. The maximum absolute atomic E-state index is 6.55. The number of nitrogens with zero attached hydrogens (tertiary/aromatic N) is 4. The van der Waals surface area contributed by atoms with Gasteiger partial charge in [-0.05, 0) is 16.7 Å². The first-order valence-electron chi connectivity index (χ1n) is 13.3. The van der Waals surface area contributed by atoms with E-state index in [9.17, 15) is 0 Å². The molecule has 0 saturated carbocycles. The lowest BCUT2D eigenvalue weighted by Gasteiger charge is -2.25. The van der Waals surface area contributed by atoms with Crippen LogP contribution < -0.4 is 5.73 Å². The fourth-order valence-electron chi connectivity index (χ4n) is 4.86. The molecule has 1 saturated heterocycles. The van der Waals surface area contributed by atoms with Gasteiger partial charge in [0.25, 0.3) is 0 Å². The van der Waals surface area contributed by atoms with Gasteiger partial charge in [0.2, 0.25) is 0 Å². The summed E-state index contributed by atoms with van der Waals surface area (Å²) in [6.45, 7) is 1.60. The average Bonchev–Trinajstić information content (AvgIpc) is 3.57. The molecule has 2 N–H and O–H groups in total. The second-order valence-electron chi connectivity index (χ2n) is 9.69. The van der Waals surface area contributed by atoms with Crippen molar-refractivity contribution in [3.8, 4) is 0 Å². The van der Waals surface area contributed by atoms with Crippen LogP contribution in [0.1, 0.15) is 16.7 Å². The number of nitrogens with two attached hydrogens (primary N) is 1. The van der Waals surface area contributed by atoms with Crippen molar-refractivity contribution in [1.29, 1.82) is 0 Å². The van der Waals surface area contributed by atoms with E-state index in [0.717, 1.165) is 16.7 Å². The number of imidazole rings is 1. The smallest absolute Gasteiger partial charge is 0.187 e. The van der Waals surface area contributed by atoms with Crippen LogP contribution in [0.3, 0.4) is 0 Å². The van der Waals surface area contributed by atoms with Crippen LogP contribution in [-0.2, 0) is 45.3 Å². The van der Waals surface area contributed by atoms with Gasteiger partial charge in [-0.3, -0.25) is 0 Å². The van der Waals surface area contributed by atoms with Crippen molar-refractivity contribution in [2.24, 2.45) is 0 Å². The number of aromatic nitrogens is 4. The summed E-state index contributed by atoms with van der Waals surface area (Å²) in [4.78, 5) is 12.9. The van der Waals surface area contributed by atoms with Crippen molar-refractivity contribution in [2.45, 2.75) is 51.0 Å². The van der Waals surface area contributed by atoms with Crippen molar-refractivity contribution >= 4 is 17.0 Å². The van der Waals surface area contributed by atoms with Gasteiger partial charge in [0.1, 0.15) is 30.2 Å². The van der Waals surface area contributed by atoms with Crippen molar-refractivity contribution in [3.63, 3.8) is 0 Å². The quantitative estimate of drug-likeness (QED) is 0.262. The molecular weight excluding hydrogens is 506 g/mol. The molecule has 5 aromatic rings. The number of benzene rings is 3. The van der Waals surface area contributed by atoms with Crippen LogP contribution in [0.25, 0.3) is 11.2 Å². The molecular formula is C31H31N5O4. The minimum absolute atomic E-state index is 0.334. The minimum atomic E-state index is -0.649. The molecule has 1 aliphatic heterocycles. The lowest BCUT2D eigenvalue weighted by atomic mass is 10.1. The zero-order valence-corrected chi connectivity index (χ0v) is 22.0. The van der Waals surface area contributed by atoms with Gasteiger partial charge in [0.15, 0.2) is 17.8 Å². The van der Waals surface area contributed by atoms with E-state index in [2.05, 4.69) is 15.0 Å². The molecule has 9 nitrogen and oxygen atoms in total. The van der Waals surface area contributed by atoms with Crippen molar-refractivity contribution in [1.82, 2.24) is 19.5 Å². The van der Waals surface area contributed by atoms with Crippen LogP contribution in [0.4, 0.5) is 5.82 Å². The van der Waals surface area contributed by atoms with Crippen molar-refractivity contribution in [2.75, 3.05) is 5.73 Å². The zero-order valence-electron chi connectivity index (χ0n) is 22.0. The second-order valence-corrected chi connectivity index (χ2v) is 9.69. The predicted molar refractivity (Wildman–Crippen MR) is 150 cm³/mol. The summed E-state index contributed by atoms with van der Waals surface area (Å²) in [5.41, 5.74) is 10.4. The van der Waals surface area contributed by atoms with Crippen LogP contribution >= 0.6 is 0 Å². The number of nitrogen functional groups attached to an aromatic ring is 1. The number of hydrogen-bond donors (Lipinski definition) is 1. The molecule has 3 heterocycles. The van der Waals surface area contributed by atoms with Gasteiger partial charge >= 0.3 is 0 Å². The molecule has 9 heteroatoms. The number of ether oxygens (including phenoxy) is 4. The number of anilines is 1. The van der Waals surface area contributed by atoms with Crippen LogP contribution in [-0.4, -0.2) is 44.1 Å². The molecule has 0 aliphatic carbocycles. The van der Waals surface area contributed by atoms with Crippen LogP contribution in [0, 0.1) is 0 Å². The van der Waals surface area contributed by atoms with E-state index in [1.807, 2.05) is 95.6 Å². The van der Waals surface area contributed by atoms with E-state index in [1.165, 1.54) is 6.33 Å². The second kappa shape index (κ2) is 12.4. The van der Waals surface area contributed by atoms with Gasteiger partial charge in [-0.2, -0.15) is 0 Å².